The molecule has 1 aliphatic heterocycles. The highest BCUT2D eigenvalue weighted by atomic mass is 127. The number of halogens is 1. The zero-order valence-corrected chi connectivity index (χ0v) is 14.9. The molecule has 1 fully saturated rings. The summed E-state index contributed by atoms with van der Waals surface area (Å²) in [6, 6.07) is 2.19. The Morgan fingerprint density at radius 1 is 1.57 bits per heavy atom. The summed E-state index contributed by atoms with van der Waals surface area (Å²) in [6.45, 7) is 5.32. The standard InChI is InChI=1S/C14H17IN4OS/c1-14(2)5-8(3-11(16)20)19(6-14)13-12-9(17-7-18-13)4-10(15)21-12/h4,7-8H,3,5-6H2,1-2H3,(H2,16,20). The number of carbonyl (C=O) groups excluding carboxylic acids is 1. The maximum atomic E-state index is 11.4. The lowest BCUT2D eigenvalue weighted by Gasteiger charge is -2.25. The van der Waals surface area contributed by atoms with E-state index in [2.05, 4.69) is 57.4 Å². The van der Waals surface area contributed by atoms with Gasteiger partial charge < -0.3 is 10.6 Å². The number of aromatic nitrogens is 2. The van der Waals surface area contributed by atoms with Gasteiger partial charge >= 0.3 is 0 Å². The van der Waals surface area contributed by atoms with E-state index in [1.165, 1.54) is 2.88 Å². The second-order valence-corrected chi connectivity index (χ2v) is 9.23. The topological polar surface area (TPSA) is 72.1 Å². The van der Waals surface area contributed by atoms with Crippen LogP contribution in [0.1, 0.15) is 26.7 Å². The Hall–Kier alpha value is -0.960. The SMILES string of the molecule is CC1(C)CC(CC(N)=O)N(c2ncnc3cc(I)sc23)C1. The van der Waals surface area contributed by atoms with Crippen LogP contribution >= 0.6 is 33.9 Å². The average Bonchev–Trinajstić information content (AvgIpc) is 2.86. The number of nitrogens with two attached hydrogens (primary N) is 1. The molecule has 0 bridgehead atoms. The van der Waals surface area contributed by atoms with E-state index in [4.69, 9.17) is 5.73 Å². The molecule has 0 saturated carbocycles. The molecule has 2 aromatic rings. The van der Waals surface area contributed by atoms with Crippen molar-refractivity contribution in [1.29, 1.82) is 0 Å². The van der Waals surface area contributed by atoms with Gasteiger partial charge in [0, 0.05) is 19.0 Å². The van der Waals surface area contributed by atoms with E-state index in [9.17, 15) is 4.79 Å². The molecule has 1 amide bonds. The fourth-order valence-electron chi connectivity index (χ4n) is 3.08. The first-order valence-corrected chi connectivity index (χ1v) is 8.70. The van der Waals surface area contributed by atoms with Gasteiger partial charge in [0.05, 0.1) is 13.1 Å². The molecule has 0 aromatic carbocycles. The molecule has 1 unspecified atom stereocenters. The van der Waals surface area contributed by atoms with Crippen LogP contribution in [-0.4, -0.2) is 28.5 Å². The van der Waals surface area contributed by atoms with E-state index < -0.39 is 0 Å². The maximum Gasteiger partial charge on any atom is 0.219 e. The van der Waals surface area contributed by atoms with Gasteiger partial charge in [0.1, 0.15) is 12.1 Å². The Morgan fingerprint density at radius 3 is 3.05 bits per heavy atom. The second kappa shape index (κ2) is 5.35. The van der Waals surface area contributed by atoms with E-state index in [0.717, 1.165) is 29.0 Å². The van der Waals surface area contributed by atoms with Crippen LogP contribution in [0.3, 0.4) is 0 Å². The van der Waals surface area contributed by atoms with Crippen LogP contribution in [0.4, 0.5) is 5.82 Å². The molecule has 112 valence electrons. The zero-order valence-electron chi connectivity index (χ0n) is 12.0. The molecule has 0 aliphatic carbocycles. The van der Waals surface area contributed by atoms with Crippen LogP contribution in [-0.2, 0) is 4.79 Å². The molecule has 3 rings (SSSR count). The first kappa shape index (κ1) is 15.0. The van der Waals surface area contributed by atoms with Crippen molar-refractivity contribution in [1.82, 2.24) is 9.97 Å². The Balaban J connectivity index is 2.04. The molecule has 1 aliphatic rings. The van der Waals surface area contributed by atoms with Crippen molar-refractivity contribution in [2.24, 2.45) is 11.1 Å². The van der Waals surface area contributed by atoms with Crippen molar-refractivity contribution in [2.75, 3.05) is 11.4 Å². The molecule has 0 radical (unpaired) electrons. The van der Waals surface area contributed by atoms with Gasteiger partial charge in [0.15, 0.2) is 0 Å². The molecular formula is C14H17IN4OS. The number of rotatable bonds is 3. The highest BCUT2D eigenvalue weighted by molar-refractivity contribution is 14.1. The second-order valence-electron chi connectivity index (χ2n) is 6.28. The lowest BCUT2D eigenvalue weighted by atomic mass is 9.90. The molecule has 2 aromatic heterocycles. The van der Waals surface area contributed by atoms with E-state index in [0.29, 0.717) is 6.42 Å². The van der Waals surface area contributed by atoms with Crippen LogP contribution in [0.15, 0.2) is 12.4 Å². The highest BCUT2D eigenvalue weighted by Crippen LogP contribution is 2.41. The summed E-state index contributed by atoms with van der Waals surface area (Å²) < 4.78 is 2.28. The number of hydrogen-bond acceptors (Lipinski definition) is 5. The van der Waals surface area contributed by atoms with Crippen LogP contribution in [0, 0.1) is 8.30 Å². The Morgan fingerprint density at radius 2 is 2.33 bits per heavy atom. The van der Waals surface area contributed by atoms with Crippen molar-refractivity contribution < 1.29 is 4.79 Å². The largest absolute Gasteiger partial charge is 0.370 e. The van der Waals surface area contributed by atoms with Gasteiger partial charge in [-0.25, -0.2) is 9.97 Å². The third-order valence-corrected chi connectivity index (χ3v) is 5.68. The number of primary amides is 1. The zero-order chi connectivity index (χ0) is 15.2. The van der Waals surface area contributed by atoms with E-state index >= 15 is 0 Å². The predicted octanol–water partition coefficient (Wildman–Crippen LogP) is 2.78. The third kappa shape index (κ3) is 2.98. The van der Waals surface area contributed by atoms with Gasteiger partial charge in [-0.1, -0.05) is 13.8 Å². The van der Waals surface area contributed by atoms with Gasteiger partial charge in [-0.15, -0.1) is 11.3 Å². The normalized spacial score (nSPS) is 21.1. The van der Waals surface area contributed by atoms with Crippen molar-refractivity contribution in [2.45, 2.75) is 32.7 Å². The van der Waals surface area contributed by atoms with Crippen LogP contribution in [0.2, 0.25) is 0 Å². The molecule has 7 heteroatoms. The van der Waals surface area contributed by atoms with Gasteiger partial charge in [0.2, 0.25) is 5.91 Å². The number of nitrogens with zero attached hydrogens (tertiary/aromatic N) is 3. The summed E-state index contributed by atoms with van der Waals surface area (Å²) in [7, 11) is 0. The average molecular weight is 416 g/mol. The summed E-state index contributed by atoms with van der Waals surface area (Å²) in [4.78, 5) is 22.4. The number of anilines is 1. The quantitative estimate of drug-likeness (QED) is 0.782. The van der Waals surface area contributed by atoms with E-state index in [1.807, 2.05) is 0 Å². The monoisotopic (exact) mass is 416 g/mol. The minimum atomic E-state index is -0.256. The van der Waals surface area contributed by atoms with Gasteiger partial charge in [-0.2, -0.15) is 0 Å². The number of fused-ring (bicyclic) bond motifs is 1. The van der Waals surface area contributed by atoms with Gasteiger partial charge in [0.25, 0.3) is 0 Å². The maximum absolute atomic E-state index is 11.4. The highest BCUT2D eigenvalue weighted by Gasteiger charge is 2.39. The molecule has 5 nitrogen and oxygen atoms in total. The smallest absolute Gasteiger partial charge is 0.219 e. The summed E-state index contributed by atoms with van der Waals surface area (Å²) in [5.41, 5.74) is 6.54. The summed E-state index contributed by atoms with van der Waals surface area (Å²) in [6.07, 6.45) is 2.93. The fourth-order valence-corrected chi connectivity index (χ4v) is 4.88. The number of thiophene rings is 1. The van der Waals surface area contributed by atoms with E-state index in [-0.39, 0.29) is 17.4 Å². The fraction of sp³-hybridized carbons (Fsp3) is 0.500. The van der Waals surface area contributed by atoms with Crippen molar-refractivity contribution in [3.05, 3.63) is 15.3 Å². The van der Waals surface area contributed by atoms with Crippen molar-refractivity contribution in [3.63, 3.8) is 0 Å². The third-order valence-electron chi connectivity index (χ3n) is 3.80. The molecule has 2 N–H and O–H groups in total. The lowest BCUT2D eigenvalue weighted by Crippen LogP contribution is -2.34. The van der Waals surface area contributed by atoms with Crippen LogP contribution in [0.25, 0.3) is 10.2 Å². The number of carbonyl (C=O) groups is 1. The number of hydrogen-bond donors (Lipinski definition) is 1. The molecule has 21 heavy (non-hydrogen) atoms. The van der Waals surface area contributed by atoms with E-state index in [1.54, 1.807) is 17.7 Å². The minimum Gasteiger partial charge on any atom is -0.370 e. The molecular weight excluding hydrogens is 399 g/mol. The first-order chi connectivity index (χ1) is 9.85. The summed E-state index contributed by atoms with van der Waals surface area (Å²) >= 11 is 3.99. The van der Waals surface area contributed by atoms with Crippen LogP contribution < -0.4 is 10.6 Å². The first-order valence-electron chi connectivity index (χ1n) is 6.81. The molecule has 1 atom stereocenters. The molecule has 0 spiro atoms. The van der Waals surface area contributed by atoms with Gasteiger partial charge in [-0.05, 0) is 40.5 Å². The Bertz CT molecular complexity index is 699. The Kier molecular flexibility index (Phi) is 3.81. The Labute approximate surface area is 141 Å². The molecule has 1 saturated heterocycles. The van der Waals surface area contributed by atoms with Crippen molar-refractivity contribution >= 4 is 55.9 Å². The molecule has 3 heterocycles. The minimum absolute atomic E-state index is 0.121. The van der Waals surface area contributed by atoms with Gasteiger partial charge in [-0.3, -0.25) is 4.79 Å². The number of amides is 1. The van der Waals surface area contributed by atoms with Crippen LogP contribution in [0.5, 0.6) is 0 Å². The predicted molar refractivity (Wildman–Crippen MR) is 93.5 cm³/mol. The summed E-state index contributed by atoms with van der Waals surface area (Å²) in [5, 5.41) is 0. The summed E-state index contributed by atoms with van der Waals surface area (Å²) in [5.74, 6) is 0.679. The lowest BCUT2D eigenvalue weighted by molar-refractivity contribution is -0.118. The van der Waals surface area contributed by atoms with Crippen molar-refractivity contribution in [3.8, 4) is 0 Å².